The Morgan fingerprint density at radius 3 is 2.75 bits per heavy atom. The molecule has 0 amide bonds. The van der Waals surface area contributed by atoms with Crippen molar-refractivity contribution in [1.29, 1.82) is 0 Å². The summed E-state index contributed by atoms with van der Waals surface area (Å²) < 4.78 is 38.6. The maximum Gasteiger partial charge on any atom is 0.211 e. The van der Waals surface area contributed by atoms with Gasteiger partial charge in [0.2, 0.25) is 10.0 Å². The van der Waals surface area contributed by atoms with E-state index in [1.54, 1.807) is 7.11 Å². The standard InChI is InChI=1S/C18H26N4O4S2/c1-19-28(23,24)12-4-11-27-18-21-20-17(14-6-8-15(25-2)9-7-14)22(18)13-16-5-3-10-26-16/h6-9,16,19H,3-5,10-13H2,1-2H3. The molecule has 0 bridgehead atoms. The van der Waals surface area contributed by atoms with Crippen molar-refractivity contribution in [3.05, 3.63) is 24.3 Å². The smallest absolute Gasteiger partial charge is 0.211 e. The van der Waals surface area contributed by atoms with Crippen LogP contribution >= 0.6 is 11.8 Å². The Kier molecular flexibility index (Phi) is 7.33. The lowest BCUT2D eigenvalue weighted by atomic mass is 10.2. The first-order valence-corrected chi connectivity index (χ1v) is 11.9. The number of nitrogens with zero attached hydrogens (tertiary/aromatic N) is 3. The van der Waals surface area contributed by atoms with Crippen LogP contribution in [-0.2, 0) is 21.3 Å². The average Bonchev–Trinajstić information content (AvgIpc) is 3.36. The zero-order valence-electron chi connectivity index (χ0n) is 16.1. The second-order valence-corrected chi connectivity index (χ2v) is 9.61. The molecule has 2 aromatic rings. The van der Waals surface area contributed by atoms with E-state index < -0.39 is 10.0 Å². The molecular formula is C18H26N4O4S2. The quantitative estimate of drug-likeness (QED) is 0.459. The molecule has 3 rings (SSSR count). The van der Waals surface area contributed by atoms with E-state index in [-0.39, 0.29) is 11.9 Å². The van der Waals surface area contributed by atoms with Crippen molar-refractivity contribution in [1.82, 2.24) is 19.5 Å². The summed E-state index contributed by atoms with van der Waals surface area (Å²) in [5, 5.41) is 9.53. The number of nitrogens with one attached hydrogen (secondary N) is 1. The summed E-state index contributed by atoms with van der Waals surface area (Å²) in [6, 6.07) is 7.72. The lowest BCUT2D eigenvalue weighted by Crippen LogP contribution is -2.22. The van der Waals surface area contributed by atoms with Gasteiger partial charge in [-0.2, -0.15) is 0 Å². The number of methoxy groups -OCH3 is 1. The maximum atomic E-state index is 11.6. The van der Waals surface area contributed by atoms with Gasteiger partial charge in [0.15, 0.2) is 11.0 Å². The molecule has 1 saturated heterocycles. The lowest BCUT2D eigenvalue weighted by Gasteiger charge is -2.15. The molecule has 1 aliphatic rings. The normalized spacial score (nSPS) is 17.1. The van der Waals surface area contributed by atoms with Crippen LogP contribution in [0.15, 0.2) is 29.4 Å². The van der Waals surface area contributed by atoms with Crippen molar-refractivity contribution < 1.29 is 17.9 Å². The number of hydrogen-bond acceptors (Lipinski definition) is 7. The molecule has 1 atom stereocenters. The number of aromatic nitrogens is 3. The van der Waals surface area contributed by atoms with Crippen LogP contribution in [0.2, 0.25) is 0 Å². The van der Waals surface area contributed by atoms with Crippen molar-refractivity contribution >= 4 is 21.8 Å². The van der Waals surface area contributed by atoms with Crippen LogP contribution < -0.4 is 9.46 Å². The maximum absolute atomic E-state index is 11.6. The summed E-state index contributed by atoms with van der Waals surface area (Å²) in [5.41, 5.74) is 0.955. The molecule has 1 N–H and O–H groups in total. The number of sulfonamides is 1. The lowest BCUT2D eigenvalue weighted by molar-refractivity contribution is 0.0953. The van der Waals surface area contributed by atoms with Gasteiger partial charge in [-0.1, -0.05) is 11.8 Å². The van der Waals surface area contributed by atoms with Crippen LogP contribution in [0.4, 0.5) is 0 Å². The van der Waals surface area contributed by atoms with Gasteiger partial charge in [-0.05, 0) is 50.6 Å². The monoisotopic (exact) mass is 426 g/mol. The molecule has 10 heteroatoms. The Balaban J connectivity index is 1.75. The highest BCUT2D eigenvalue weighted by atomic mass is 32.2. The number of rotatable bonds is 10. The molecule has 1 aliphatic heterocycles. The fraction of sp³-hybridized carbons (Fsp3) is 0.556. The minimum Gasteiger partial charge on any atom is -0.497 e. The Bertz CT molecular complexity index is 862. The highest BCUT2D eigenvalue weighted by molar-refractivity contribution is 7.99. The average molecular weight is 427 g/mol. The zero-order chi connectivity index (χ0) is 20.0. The van der Waals surface area contributed by atoms with Crippen molar-refractivity contribution in [2.75, 3.05) is 32.3 Å². The van der Waals surface area contributed by atoms with Gasteiger partial charge < -0.3 is 9.47 Å². The molecule has 0 radical (unpaired) electrons. The minimum atomic E-state index is -3.19. The first-order chi connectivity index (χ1) is 13.5. The van der Waals surface area contributed by atoms with E-state index in [0.717, 1.165) is 41.7 Å². The number of hydrogen-bond donors (Lipinski definition) is 1. The summed E-state index contributed by atoms with van der Waals surface area (Å²) in [4.78, 5) is 0. The summed E-state index contributed by atoms with van der Waals surface area (Å²) >= 11 is 1.52. The summed E-state index contributed by atoms with van der Waals surface area (Å²) in [5.74, 6) is 2.31. The van der Waals surface area contributed by atoms with E-state index >= 15 is 0 Å². The Labute approximate surface area is 170 Å². The van der Waals surface area contributed by atoms with Gasteiger partial charge in [-0.15, -0.1) is 10.2 Å². The molecule has 1 unspecified atom stereocenters. The van der Waals surface area contributed by atoms with E-state index in [1.807, 2.05) is 24.3 Å². The predicted molar refractivity (Wildman–Crippen MR) is 109 cm³/mol. The van der Waals surface area contributed by atoms with Crippen molar-refractivity contribution in [2.45, 2.75) is 37.1 Å². The molecule has 0 aliphatic carbocycles. The molecule has 154 valence electrons. The predicted octanol–water partition coefficient (Wildman–Crippen LogP) is 2.16. The van der Waals surface area contributed by atoms with Gasteiger partial charge in [0.1, 0.15) is 5.75 Å². The third-order valence-corrected chi connectivity index (χ3v) is 7.08. The van der Waals surface area contributed by atoms with E-state index in [1.165, 1.54) is 18.8 Å². The second kappa shape index (κ2) is 9.73. The van der Waals surface area contributed by atoms with E-state index in [9.17, 15) is 8.42 Å². The van der Waals surface area contributed by atoms with E-state index in [0.29, 0.717) is 18.7 Å². The highest BCUT2D eigenvalue weighted by Gasteiger charge is 2.22. The summed E-state index contributed by atoms with van der Waals surface area (Å²) in [7, 11) is -0.116. The van der Waals surface area contributed by atoms with Gasteiger partial charge >= 0.3 is 0 Å². The molecule has 0 spiro atoms. The molecular weight excluding hydrogens is 400 g/mol. The largest absolute Gasteiger partial charge is 0.497 e. The number of benzene rings is 1. The van der Waals surface area contributed by atoms with Crippen LogP contribution in [0.1, 0.15) is 19.3 Å². The van der Waals surface area contributed by atoms with Gasteiger partial charge in [0.05, 0.1) is 25.5 Å². The Hall–Kier alpha value is -1.62. The molecule has 1 aromatic carbocycles. The van der Waals surface area contributed by atoms with Crippen LogP contribution in [0, 0.1) is 0 Å². The second-order valence-electron chi connectivity index (χ2n) is 6.51. The molecule has 1 fully saturated rings. The van der Waals surface area contributed by atoms with Crippen LogP contribution in [0.25, 0.3) is 11.4 Å². The van der Waals surface area contributed by atoms with Crippen LogP contribution in [0.3, 0.4) is 0 Å². The molecule has 1 aromatic heterocycles. The van der Waals surface area contributed by atoms with Crippen molar-refractivity contribution in [3.8, 4) is 17.1 Å². The van der Waals surface area contributed by atoms with Gasteiger partial charge in [0, 0.05) is 17.9 Å². The number of thioether (sulfide) groups is 1. The summed E-state index contributed by atoms with van der Waals surface area (Å²) in [6.07, 6.45) is 2.77. The third-order valence-electron chi connectivity index (χ3n) is 4.57. The molecule has 2 heterocycles. The Morgan fingerprint density at radius 2 is 2.11 bits per heavy atom. The fourth-order valence-corrected chi connectivity index (χ4v) is 4.82. The van der Waals surface area contributed by atoms with E-state index in [4.69, 9.17) is 9.47 Å². The van der Waals surface area contributed by atoms with Crippen LogP contribution in [-0.4, -0.2) is 61.6 Å². The minimum absolute atomic E-state index is 0.0989. The van der Waals surface area contributed by atoms with Gasteiger partial charge in [-0.25, -0.2) is 13.1 Å². The first kappa shape index (κ1) is 21.1. The summed E-state index contributed by atoms with van der Waals surface area (Å²) in [6.45, 7) is 1.47. The van der Waals surface area contributed by atoms with Gasteiger partial charge in [0.25, 0.3) is 0 Å². The SMILES string of the molecule is CNS(=O)(=O)CCCSc1nnc(-c2ccc(OC)cc2)n1CC1CCCO1. The number of ether oxygens (including phenoxy) is 2. The zero-order valence-corrected chi connectivity index (χ0v) is 17.8. The topological polar surface area (TPSA) is 95.3 Å². The Morgan fingerprint density at radius 1 is 1.32 bits per heavy atom. The van der Waals surface area contributed by atoms with E-state index in [2.05, 4.69) is 19.5 Å². The molecule has 0 saturated carbocycles. The van der Waals surface area contributed by atoms with Crippen LogP contribution in [0.5, 0.6) is 5.75 Å². The van der Waals surface area contributed by atoms with Crippen molar-refractivity contribution in [3.63, 3.8) is 0 Å². The highest BCUT2D eigenvalue weighted by Crippen LogP contribution is 2.28. The molecule has 8 nitrogen and oxygen atoms in total. The fourth-order valence-electron chi connectivity index (χ4n) is 3.02. The van der Waals surface area contributed by atoms with Crippen molar-refractivity contribution in [2.24, 2.45) is 0 Å². The first-order valence-electron chi connectivity index (χ1n) is 9.25. The molecule has 28 heavy (non-hydrogen) atoms. The third kappa shape index (κ3) is 5.47. The van der Waals surface area contributed by atoms with Gasteiger partial charge in [-0.3, -0.25) is 4.57 Å².